The number of ether oxygens (including phenoxy) is 2. The zero-order valence-corrected chi connectivity index (χ0v) is 20.1. The third kappa shape index (κ3) is 5.26. The molecule has 0 saturated carbocycles. The van der Waals surface area contributed by atoms with Crippen molar-refractivity contribution in [1.29, 1.82) is 0 Å². The summed E-state index contributed by atoms with van der Waals surface area (Å²) in [6.07, 6.45) is 2.70. The largest absolute Gasteiger partial charge is 0.497 e. The number of carbonyl (C=O) groups is 1. The van der Waals surface area contributed by atoms with E-state index in [0.717, 1.165) is 36.0 Å². The van der Waals surface area contributed by atoms with Gasteiger partial charge in [0.2, 0.25) is 15.9 Å². The van der Waals surface area contributed by atoms with Crippen LogP contribution in [0.15, 0.2) is 46.5 Å². The summed E-state index contributed by atoms with van der Waals surface area (Å²) < 4.78 is 38.3. The second-order valence-corrected chi connectivity index (χ2v) is 10.5. The molecule has 176 valence electrons. The zero-order valence-electron chi connectivity index (χ0n) is 18.5. The van der Waals surface area contributed by atoms with E-state index < -0.39 is 10.0 Å². The second kappa shape index (κ2) is 10.0. The first-order chi connectivity index (χ1) is 15.9. The molecule has 11 heteroatoms. The number of aromatic amines is 1. The summed E-state index contributed by atoms with van der Waals surface area (Å²) in [6.45, 7) is 0.976. The average molecular weight is 491 g/mol. The number of hydrogen-bond acceptors (Lipinski definition) is 7. The van der Waals surface area contributed by atoms with E-state index in [0.29, 0.717) is 23.9 Å². The van der Waals surface area contributed by atoms with Gasteiger partial charge in [-0.3, -0.25) is 4.79 Å². The van der Waals surface area contributed by atoms with Crippen molar-refractivity contribution in [2.45, 2.75) is 29.3 Å². The maximum absolute atomic E-state index is 13.2. The van der Waals surface area contributed by atoms with Gasteiger partial charge in [-0.2, -0.15) is 4.31 Å². The van der Waals surface area contributed by atoms with Gasteiger partial charge < -0.3 is 19.8 Å². The zero-order chi connectivity index (χ0) is 23.4. The highest BCUT2D eigenvalue weighted by atomic mass is 32.2. The van der Waals surface area contributed by atoms with Crippen LogP contribution in [0, 0.1) is 0 Å². The van der Waals surface area contributed by atoms with Crippen LogP contribution in [0.3, 0.4) is 0 Å². The number of H-pyrrole nitrogens is 1. The molecule has 1 saturated heterocycles. The van der Waals surface area contributed by atoms with Crippen molar-refractivity contribution in [1.82, 2.24) is 14.3 Å². The molecule has 2 aromatic carbocycles. The van der Waals surface area contributed by atoms with E-state index in [1.54, 1.807) is 19.2 Å². The normalized spacial score (nSPS) is 14.8. The molecule has 1 amide bonds. The Hall–Kier alpha value is -2.76. The summed E-state index contributed by atoms with van der Waals surface area (Å²) >= 11 is 1.26. The van der Waals surface area contributed by atoms with Gasteiger partial charge >= 0.3 is 0 Å². The maximum Gasteiger partial charge on any atom is 0.246 e. The van der Waals surface area contributed by atoms with Gasteiger partial charge in [0.15, 0.2) is 5.16 Å². The fourth-order valence-electron chi connectivity index (χ4n) is 3.69. The first kappa shape index (κ1) is 23.4. The first-order valence-electron chi connectivity index (χ1n) is 10.6. The Bertz CT molecular complexity index is 1250. The number of piperidine rings is 1. The Kier molecular flexibility index (Phi) is 7.11. The van der Waals surface area contributed by atoms with E-state index in [1.807, 2.05) is 18.2 Å². The molecule has 0 radical (unpaired) electrons. The van der Waals surface area contributed by atoms with E-state index >= 15 is 0 Å². The number of amides is 1. The third-order valence-electron chi connectivity index (χ3n) is 5.39. The number of fused-ring (bicyclic) bond motifs is 1. The molecule has 0 aliphatic carbocycles. The van der Waals surface area contributed by atoms with Gasteiger partial charge in [-0.1, -0.05) is 18.2 Å². The van der Waals surface area contributed by atoms with Crippen LogP contribution >= 0.6 is 11.8 Å². The maximum atomic E-state index is 13.2. The minimum Gasteiger partial charge on any atom is -0.497 e. The first-order valence-corrected chi connectivity index (χ1v) is 13.0. The molecule has 0 atom stereocenters. The molecular weight excluding hydrogens is 464 g/mol. The molecule has 0 unspecified atom stereocenters. The van der Waals surface area contributed by atoms with Gasteiger partial charge in [-0.05, 0) is 43.2 Å². The number of rotatable bonds is 8. The lowest BCUT2D eigenvalue weighted by molar-refractivity contribution is -0.113. The number of aromatic nitrogens is 2. The molecular formula is C22H26N4O5S2. The molecule has 1 aliphatic heterocycles. The summed E-state index contributed by atoms with van der Waals surface area (Å²) in [5.74, 6) is 0.808. The van der Waals surface area contributed by atoms with Gasteiger partial charge in [0.25, 0.3) is 0 Å². The predicted molar refractivity (Wildman–Crippen MR) is 128 cm³/mol. The van der Waals surface area contributed by atoms with Crippen molar-refractivity contribution >= 4 is 44.4 Å². The van der Waals surface area contributed by atoms with Crippen molar-refractivity contribution in [3.8, 4) is 11.5 Å². The third-order valence-corrected chi connectivity index (χ3v) is 8.18. The summed E-state index contributed by atoms with van der Waals surface area (Å²) in [5.41, 5.74) is 1.99. The Labute approximate surface area is 196 Å². The molecule has 0 bridgehead atoms. The number of anilines is 1. The highest BCUT2D eigenvalue weighted by Crippen LogP contribution is 2.31. The fourth-order valence-corrected chi connectivity index (χ4v) is 6.08. The number of hydrogen-bond donors (Lipinski definition) is 2. The minimum atomic E-state index is -3.71. The second-order valence-electron chi connectivity index (χ2n) is 7.59. The Morgan fingerprint density at radius 3 is 2.64 bits per heavy atom. The Morgan fingerprint density at radius 2 is 1.91 bits per heavy atom. The molecule has 0 spiro atoms. The molecule has 3 aromatic rings. The highest BCUT2D eigenvalue weighted by Gasteiger charge is 2.29. The average Bonchev–Trinajstić information content (AvgIpc) is 3.25. The van der Waals surface area contributed by atoms with Gasteiger partial charge in [0.05, 0.1) is 31.0 Å². The number of benzene rings is 2. The van der Waals surface area contributed by atoms with Crippen LogP contribution in [0.2, 0.25) is 0 Å². The van der Waals surface area contributed by atoms with Gasteiger partial charge in [0, 0.05) is 24.8 Å². The molecule has 1 aliphatic rings. The van der Waals surface area contributed by atoms with E-state index in [4.69, 9.17) is 9.47 Å². The topological polar surface area (TPSA) is 114 Å². The van der Waals surface area contributed by atoms with Crippen LogP contribution in [-0.4, -0.2) is 61.7 Å². The number of imidazole rings is 1. The number of methoxy groups -OCH3 is 2. The smallest absolute Gasteiger partial charge is 0.246 e. The lowest BCUT2D eigenvalue weighted by Crippen LogP contribution is -2.35. The monoisotopic (exact) mass is 490 g/mol. The van der Waals surface area contributed by atoms with Crippen LogP contribution in [0.25, 0.3) is 11.0 Å². The molecule has 9 nitrogen and oxygen atoms in total. The summed E-state index contributed by atoms with van der Waals surface area (Å²) in [6, 6.07) is 10.2. The quantitative estimate of drug-likeness (QED) is 0.465. The van der Waals surface area contributed by atoms with Crippen LogP contribution in [0.5, 0.6) is 11.5 Å². The van der Waals surface area contributed by atoms with Crippen LogP contribution < -0.4 is 14.8 Å². The lowest BCUT2D eigenvalue weighted by atomic mass is 10.2. The molecule has 33 heavy (non-hydrogen) atoms. The number of thioether (sulfide) groups is 1. The number of nitrogens with one attached hydrogen (secondary N) is 2. The Morgan fingerprint density at radius 1 is 1.12 bits per heavy atom. The summed E-state index contributed by atoms with van der Waals surface area (Å²) in [7, 11) is -0.682. The molecule has 2 N–H and O–H groups in total. The number of carbonyl (C=O) groups excluding carboxylic acids is 1. The van der Waals surface area contributed by atoms with Crippen molar-refractivity contribution in [2.75, 3.05) is 38.4 Å². The van der Waals surface area contributed by atoms with Crippen molar-refractivity contribution < 1.29 is 22.7 Å². The SMILES string of the molecule is COc1ccc2nc(SCC(=O)Nc3ccc(OC)c(S(=O)(=O)N4CCCCC4)c3)[nH]c2c1. The number of sulfonamides is 1. The van der Waals surface area contributed by atoms with Crippen molar-refractivity contribution in [2.24, 2.45) is 0 Å². The van der Waals surface area contributed by atoms with E-state index in [9.17, 15) is 13.2 Å². The molecule has 1 aromatic heterocycles. The van der Waals surface area contributed by atoms with E-state index in [2.05, 4.69) is 15.3 Å². The fraction of sp³-hybridized carbons (Fsp3) is 0.364. The lowest BCUT2D eigenvalue weighted by Gasteiger charge is -2.26. The molecule has 1 fully saturated rings. The van der Waals surface area contributed by atoms with Crippen molar-refractivity contribution in [3.63, 3.8) is 0 Å². The number of nitrogens with zero attached hydrogens (tertiary/aromatic N) is 2. The highest BCUT2D eigenvalue weighted by molar-refractivity contribution is 7.99. The van der Waals surface area contributed by atoms with Crippen LogP contribution in [0.4, 0.5) is 5.69 Å². The van der Waals surface area contributed by atoms with E-state index in [1.165, 1.54) is 29.2 Å². The predicted octanol–water partition coefficient (Wildman–Crippen LogP) is 3.49. The van der Waals surface area contributed by atoms with Gasteiger partial charge in [-0.25, -0.2) is 13.4 Å². The van der Waals surface area contributed by atoms with Crippen molar-refractivity contribution in [3.05, 3.63) is 36.4 Å². The van der Waals surface area contributed by atoms with E-state index in [-0.39, 0.29) is 22.3 Å². The standard InChI is InChI=1S/C22H26N4O5S2/c1-30-16-7-8-17-18(13-16)25-22(24-17)32-14-21(27)23-15-6-9-19(31-2)20(12-15)33(28,29)26-10-4-3-5-11-26/h6-9,12-13H,3-5,10-11,14H2,1-2H3,(H,23,27)(H,24,25). The molecule has 2 heterocycles. The van der Waals surface area contributed by atoms with Gasteiger partial charge in [-0.15, -0.1) is 0 Å². The molecule has 4 rings (SSSR count). The minimum absolute atomic E-state index is 0.0589. The van der Waals surface area contributed by atoms with Crippen LogP contribution in [0.1, 0.15) is 19.3 Å². The van der Waals surface area contributed by atoms with Gasteiger partial charge in [0.1, 0.15) is 16.4 Å². The van der Waals surface area contributed by atoms with Crippen LogP contribution in [-0.2, 0) is 14.8 Å². The summed E-state index contributed by atoms with van der Waals surface area (Å²) in [4.78, 5) is 20.2. The Balaban J connectivity index is 1.45. The summed E-state index contributed by atoms with van der Waals surface area (Å²) in [5, 5.41) is 3.38.